The summed E-state index contributed by atoms with van der Waals surface area (Å²) in [4.78, 5) is 3.94. The lowest BCUT2D eigenvalue weighted by atomic mass is 10.1. The Balaban J connectivity index is 0.00000121. The van der Waals surface area contributed by atoms with Gasteiger partial charge in [0.25, 0.3) is 0 Å². The molecular formula is C13H20ClN3. The number of halogens is 1. The molecule has 0 unspecified atom stereocenters. The molecule has 1 aromatic rings. The molecule has 0 aliphatic carbocycles. The molecule has 0 saturated carbocycles. The topological polar surface area (TPSA) is 50.4 Å². The van der Waals surface area contributed by atoms with Gasteiger partial charge in [-0.3, -0.25) is 4.99 Å². The van der Waals surface area contributed by atoms with Gasteiger partial charge in [0.2, 0.25) is 0 Å². The molecule has 1 aromatic carbocycles. The fourth-order valence-electron chi connectivity index (χ4n) is 1.22. The minimum atomic E-state index is 0.484. The van der Waals surface area contributed by atoms with Crippen molar-refractivity contribution in [2.24, 2.45) is 10.8 Å². The maximum atomic E-state index is 6.14. The maximum Gasteiger partial charge on any atom is 0.154 e. The van der Waals surface area contributed by atoms with E-state index in [9.17, 15) is 0 Å². The van der Waals surface area contributed by atoms with Gasteiger partial charge in [0, 0.05) is 7.05 Å². The van der Waals surface area contributed by atoms with E-state index in [0.29, 0.717) is 10.9 Å². The van der Waals surface area contributed by atoms with Crippen LogP contribution >= 0.6 is 11.6 Å². The van der Waals surface area contributed by atoms with Crippen LogP contribution in [-0.4, -0.2) is 12.9 Å². The van der Waals surface area contributed by atoms with Crippen LogP contribution in [0.4, 0.5) is 0 Å². The van der Waals surface area contributed by atoms with Crippen LogP contribution in [0.1, 0.15) is 26.3 Å². The van der Waals surface area contributed by atoms with E-state index >= 15 is 0 Å². The van der Waals surface area contributed by atoms with Gasteiger partial charge >= 0.3 is 0 Å². The van der Waals surface area contributed by atoms with Crippen molar-refractivity contribution in [1.82, 2.24) is 5.43 Å². The molecule has 0 aromatic heterocycles. The summed E-state index contributed by atoms with van der Waals surface area (Å²) >= 11 is 6.14. The summed E-state index contributed by atoms with van der Waals surface area (Å²) in [6.45, 7) is 5.93. The van der Waals surface area contributed by atoms with E-state index in [2.05, 4.69) is 10.4 Å². The van der Waals surface area contributed by atoms with Crippen LogP contribution in [0.25, 0.3) is 5.57 Å². The monoisotopic (exact) mass is 253 g/mol. The van der Waals surface area contributed by atoms with Gasteiger partial charge in [-0.1, -0.05) is 55.8 Å². The van der Waals surface area contributed by atoms with E-state index in [1.54, 1.807) is 7.05 Å². The van der Waals surface area contributed by atoms with E-state index in [0.717, 1.165) is 11.1 Å². The summed E-state index contributed by atoms with van der Waals surface area (Å²) in [7, 11) is 1.63. The zero-order chi connectivity index (χ0) is 13.3. The average molecular weight is 254 g/mol. The third-order valence-electron chi connectivity index (χ3n) is 2.10. The Kier molecular flexibility index (Phi) is 8.11. The molecule has 0 fully saturated rings. The number of hydrazine groups is 1. The fourth-order valence-corrected chi connectivity index (χ4v) is 1.47. The second kappa shape index (κ2) is 8.79. The standard InChI is InChI=1S/C11H14ClN3.C2H6/c1-8(9-6-4-3-5-7-9)10(12)11(14-2)15-13;1-2/h3-7H,13H2,1-2H3,(H,14,15);1-2H3/b10-8-;. The quantitative estimate of drug-likeness (QED) is 0.368. The summed E-state index contributed by atoms with van der Waals surface area (Å²) < 4.78 is 0. The van der Waals surface area contributed by atoms with E-state index in [1.807, 2.05) is 51.1 Å². The van der Waals surface area contributed by atoms with Crippen molar-refractivity contribution in [3.05, 3.63) is 40.9 Å². The number of hydrogen-bond acceptors (Lipinski definition) is 2. The van der Waals surface area contributed by atoms with Crippen LogP contribution in [0, 0.1) is 0 Å². The smallest absolute Gasteiger partial charge is 0.154 e. The molecular weight excluding hydrogens is 234 g/mol. The normalized spacial score (nSPS) is 12.2. The van der Waals surface area contributed by atoms with Gasteiger partial charge in [-0.25, -0.2) is 5.84 Å². The van der Waals surface area contributed by atoms with Crippen molar-refractivity contribution < 1.29 is 0 Å². The molecule has 3 nitrogen and oxygen atoms in total. The first-order valence-electron chi connectivity index (χ1n) is 5.56. The van der Waals surface area contributed by atoms with E-state index in [4.69, 9.17) is 17.4 Å². The fraction of sp³-hybridized carbons (Fsp3) is 0.308. The summed E-state index contributed by atoms with van der Waals surface area (Å²) in [5.41, 5.74) is 4.46. The molecule has 0 aliphatic heterocycles. The SMILES string of the molecule is CC.CN=C(NN)/C(Cl)=C(\C)c1ccccc1. The molecule has 0 heterocycles. The van der Waals surface area contributed by atoms with Crippen LogP contribution < -0.4 is 11.3 Å². The van der Waals surface area contributed by atoms with Crippen LogP contribution in [0.5, 0.6) is 0 Å². The van der Waals surface area contributed by atoms with Crippen LogP contribution in [0.15, 0.2) is 40.4 Å². The summed E-state index contributed by atoms with van der Waals surface area (Å²) in [5, 5.41) is 0.534. The maximum absolute atomic E-state index is 6.14. The highest BCUT2D eigenvalue weighted by Crippen LogP contribution is 2.20. The highest BCUT2D eigenvalue weighted by molar-refractivity contribution is 6.46. The molecule has 0 amide bonds. The Labute approximate surface area is 108 Å². The first-order valence-corrected chi connectivity index (χ1v) is 5.94. The Bertz CT molecular complexity index is 383. The lowest BCUT2D eigenvalue weighted by molar-refractivity contribution is 1.02. The van der Waals surface area contributed by atoms with E-state index < -0.39 is 0 Å². The first-order chi connectivity index (χ1) is 8.20. The first kappa shape index (κ1) is 15.7. The molecule has 0 saturated heterocycles. The van der Waals surface area contributed by atoms with Gasteiger partial charge in [0.15, 0.2) is 5.84 Å². The minimum absolute atomic E-state index is 0.484. The molecule has 0 bridgehead atoms. The number of hydrogen-bond donors (Lipinski definition) is 2. The summed E-state index contributed by atoms with van der Waals surface area (Å²) in [6.07, 6.45) is 0. The minimum Gasteiger partial charge on any atom is -0.308 e. The van der Waals surface area contributed by atoms with Gasteiger partial charge in [-0.2, -0.15) is 0 Å². The number of rotatable bonds is 2. The second-order valence-electron chi connectivity index (χ2n) is 3.02. The van der Waals surface area contributed by atoms with Gasteiger partial charge in [0.1, 0.15) is 0 Å². The molecule has 1 rings (SSSR count). The molecule has 3 N–H and O–H groups in total. The Morgan fingerprint density at radius 2 is 1.76 bits per heavy atom. The van der Waals surface area contributed by atoms with Gasteiger partial charge in [-0.15, -0.1) is 0 Å². The Morgan fingerprint density at radius 3 is 2.18 bits per heavy atom. The lowest BCUT2D eigenvalue weighted by Crippen LogP contribution is -2.30. The summed E-state index contributed by atoms with van der Waals surface area (Å²) in [5.74, 6) is 5.78. The molecule has 0 aliphatic rings. The van der Waals surface area contributed by atoms with E-state index in [-0.39, 0.29) is 0 Å². The number of aliphatic imine (C=N–C) groups is 1. The van der Waals surface area contributed by atoms with Crippen molar-refractivity contribution in [2.75, 3.05) is 7.05 Å². The predicted octanol–water partition coefficient (Wildman–Crippen LogP) is 3.17. The van der Waals surface area contributed by atoms with Crippen molar-refractivity contribution in [1.29, 1.82) is 0 Å². The molecule has 0 spiro atoms. The largest absolute Gasteiger partial charge is 0.308 e. The zero-order valence-corrected chi connectivity index (χ0v) is 11.5. The summed E-state index contributed by atoms with van der Waals surface area (Å²) in [6, 6.07) is 9.85. The highest BCUT2D eigenvalue weighted by atomic mass is 35.5. The Hall–Kier alpha value is -1.32. The van der Waals surface area contributed by atoms with Crippen molar-refractivity contribution in [2.45, 2.75) is 20.8 Å². The number of nitrogens with one attached hydrogen (secondary N) is 1. The Morgan fingerprint density at radius 1 is 1.24 bits per heavy atom. The third kappa shape index (κ3) is 4.59. The molecule has 17 heavy (non-hydrogen) atoms. The van der Waals surface area contributed by atoms with Crippen molar-refractivity contribution in [3.63, 3.8) is 0 Å². The number of benzene rings is 1. The highest BCUT2D eigenvalue weighted by Gasteiger charge is 2.07. The molecule has 0 atom stereocenters. The van der Waals surface area contributed by atoms with Gasteiger partial charge < -0.3 is 5.43 Å². The molecule has 94 valence electrons. The molecule has 0 radical (unpaired) electrons. The zero-order valence-electron chi connectivity index (χ0n) is 10.8. The predicted molar refractivity (Wildman–Crippen MR) is 76.9 cm³/mol. The number of amidine groups is 1. The van der Waals surface area contributed by atoms with Gasteiger partial charge in [0.05, 0.1) is 5.03 Å². The second-order valence-corrected chi connectivity index (χ2v) is 3.40. The van der Waals surface area contributed by atoms with Crippen molar-refractivity contribution in [3.8, 4) is 0 Å². The van der Waals surface area contributed by atoms with Gasteiger partial charge in [-0.05, 0) is 18.1 Å². The number of allylic oxidation sites excluding steroid dienone is 1. The third-order valence-corrected chi connectivity index (χ3v) is 2.57. The van der Waals surface area contributed by atoms with Crippen LogP contribution in [-0.2, 0) is 0 Å². The lowest BCUT2D eigenvalue weighted by Gasteiger charge is -2.07. The molecule has 4 heteroatoms. The average Bonchev–Trinajstić information content (AvgIpc) is 2.42. The number of nitrogens with zero attached hydrogens (tertiary/aromatic N) is 1. The van der Waals surface area contributed by atoms with Crippen molar-refractivity contribution >= 4 is 23.0 Å². The van der Waals surface area contributed by atoms with Crippen LogP contribution in [0.3, 0.4) is 0 Å². The van der Waals surface area contributed by atoms with Crippen LogP contribution in [0.2, 0.25) is 0 Å². The number of nitrogens with two attached hydrogens (primary N) is 1. The van der Waals surface area contributed by atoms with E-state index in [1.165, 1.54) is 0 Å².